The van der Waals surface area contributed by atoms with Crippen molar-refractivity contribution in [2.45, 2.75) is 31.3 Å². The summed E-state index contributed by atoms with van der Waals surface area (Å²) in [4.78, 5) is 11.7. The Morgan fingerprint density at radius 3 is 2.81 bits per heavy atom. The van der Waals surface area contributed by atoms with Crippen LogP contribution in [0.3, 0.4) is 0 Å². The third kappa shape index (κ3) is 5.25. The lowest BCUT2D eigenvalue weighted by Gasteiger charge is -2.21. The van der Waals surface area contributed by atoms with E-state index >= 15 is 0 Å². The van der Waals surface area contributed by atoms with Gasteiger partial charge in [0.2, 0.25) is 0 Å². The average Bonchev–Trinajstić information content (AvgIpc) is 2.93. The third-order valence-electron chi connectivity index (χ3n) is 3.89. The van der Waals surface area contributed by atoms with Gasteiger partial charge < -0.3 is 15.7 Å². The molecular formula is C16H24N2O2S. The predicted molar refractivity (Wildman–Crippen MR) is 87.8 cm³/mol. The number of benzene rings is 1. The molecule has 2 rings (SSSR count). The molecule has 0 aromatic heterocycles. The summed E-state index contributed by atoms with van der Waals surface area (Å²) in [7, 11) is 0. The Labute approximate surface area is 130 Å². The Morgan fingerprint density at radius 2 is 2.14 bits per heavy atom. The number of nitrogens with one attached hydrogen (secondary N) is 2. The second-order valence-corrected chi connectivity index (χ2v) is 6.84. The molecule has 0 radical (unpaired) electrons. The van der Waals surface area contributed by atoms with E-state index in [1.54, 1.807) is 11.8 Å². The molecule has 1 aromatic carbocycles. The molecular weight excluding hydrogens is 284 g/mol. The molecule has 0 aliphatic carbocycles. The lowest BCUT2D eigenvalue weighted by atomic mass is 9.98. The van der Waals surface area contributed by atoms with Crippen LogP contribution >= 0.6 is 11.8 Å². The molecule has 1 heterocycles. The first-order valence-electron chi connectivity index (χ1n) is 7.46. The molecule has 5 heteroatoms. The summed E-state index contributed by atoms with van der Waals surface area (Å²) in [6.45, 7) is 3.13. The number of urea groups is 1. The van der Waals surface area contributed by atoms with E-state index < -0.39 is 5.60 Å². The van der Waals surface area contributed by atoms with E-state index in [0.29, 0.717) is 24.8 Å². The maximum absolute atomic E-state index is 11.7. The highest BCUT2D eigenvalue weighted by Crippen LogP contribution is 2.26. The van der Waals surface area contributed by atoms with Crippen LogP contribution in [0.2, 0.25) is 0 Å². The van der Waals surface area contributed by atoms with Crippen LogP contribution in [0.5, 0.6) is 0 Å². The van der Waals surface area contributed by atoms with Crippen LogP contribution in [-0.2, 0) is 0 Å². The van der Waals surface area contributed by atoms with Gasteiger partial charge in [0.05, 0.1) is 5.60 Å². The van der Waals surface area contributed by atoms with Crippen LogP contribution in [0.4, 0.5) is 4.79 Å². The largest absolute Gasteiger partial charge is 0.387 e. The minimum Gasteiger partial charge on any atom is -0.387 e. The van der Waals surface area contributed by atoms with E-state index in [2.05, 4.69) is 29.7 Å². The first kappa shape index (κ1) is 16.2. The van der Waals surface area contributed by atoms with Crippen LogP contribution in [0.1, 0.15) is 31.2 Å². The highest BCUT2D eigenvalue weighted by Gasteiger charge is 2.31. The summed E-state index contributed by atoms with van der Waals surface area (Å²) in [5, 5.41) is 15.8. The number of hydrogen-bond donors (Lipinski definition) is 3. The zero-order valence-corrected chi connectivity index (χ0v) is 13.3. The van der Waals surface area contributed by atoms with Crippen LogP contribution in [0.25, 0.3) is 0 Å². The van der Waals surface area contributed by atoms with Gasteiger partial charge in [0.1, 0.15) is 0 Å². The van der Waals surface area contributed by atoms with Crippen LogP contribution < -0.4 is 10.6 Å². The molecule has 3 N–H and O–H groups in total. The molecule has 0 bridgehead atoms. The molecule has 2 amide bonds. The zero-order chi connectivity index (χ0) is 15.1. The summed E-state index contributed by atoms with van der Waals surface area (Å²) in [6.07, 6.45) is 1.65. The van der Waals surface area contributed by atoms with Crippen molar-refractivity contribution < 1.29 is 9.90 Å². The monoisotopic (exact) mass is 308 g/mol. The summed E-state index contributed by atoms with van der Waals surface area (Å²) < 4.78 is 0. The van der Waals surface area contributed by atoms with Crippen molar-refractivity contribution in [3.63, 3.8) is 0 Å². The number of thioether (sulfide) groups is 1. The highest BCUT2D eigenvalue weighted by atomic mass is 32.2. The Bertz CT molecular complexity index is 447. The van der Waals surface area contributed by atoms with Gasteiger partial charge in [-0.1, -0.05) is 37.3 Å². The van der Waals surface area contributed by atoms with Gasteiger partial charge in [-0.3, -0.25) is 0 Å². The standard InChI is InChI=1S/C16H24N2O2S/c1-13(14-5-3-2-4-6-14)7-9-17-15(19)18-11-16(20)8-10-21-12-16/h2-6,13,20H,7-12H2,1H3,(H2,17,18,19)/t13-,16-/m0/s1. The molecule has 1 aromatic rings. The molecule has 0 unspecified atom stereocenters. The van der Waals surface area contributed by atoms with E-state index in [4.69, 9.17) is 0 Å². The maximum Gasteiger partial charge on any atom is 0.314 e. The van der Waals surface area contributed by atoms with Crippen LogP contribution in [-0.4, -0.2) is 41.3 Å². The normalized spacial score (nSPS) is 22.8. The number of carbonyl (C=O) groups excluding carboxylic acids is 1. The zero-order valence-electron chi connectivity index (χ0n) is 12.5. The summed E-state index contributed by atoms with van der Waals surface area (Å²) in [6, 6.07) is 10.1. The Morgan fingerprint density at radius 1 is 1.38 bits per heavy atom. The van der Waals surface area contributed by atoms with Gasteiger partial charge in [-0.25, -0.2) is 4.79 Å². The van der Waals surface area contributed by atoms with Gasteiger partial charge in [-0.15, -0.1) is 0 Å². The summed E-state index contributed by atoms with van der Waals surface area (Å²) >= 11 is 1.73. The van der Waals surface area contributed by atoms with E-state index in [1.807, 2.05) is 18.2 Å². The molecule has 116 valence electrons. The summed E-state index contributed by atoms with van der Waals surface area (Å²) in [5.41, 5.74) is 0.566. The molecule has 0 spiro atoms. The smallest absolute Gasteiger partial charge is 0.314 e. The minimum atomic E-state index is -0.723. The van der Waals surface area contributed by atoms with Crippen molar-refractivity contribution in [1.82, 2.24) is 10.6 Å². The van der Waals surface area contributed by atoms with Gasteiger partial charge in [0, 0.05) is 18.8 Å². The fraction of sp³-hybridized carbons (Fsp3) is 0.562. The van der Waals surface area contributed by atoms with Gasteiger partial charge in [0.25, 0.3) is 0 Å². The highest BCUT2D eigenvalue weighted by molar-refractivity contribution is 7.99. The van der Waals surface area contributed by atoms with Crippen LogP contribution in [0, 0.1) is 0 Å². The fourth-order valence-electron chi connectivity index (χ4n) is 2.39. The molecule has 1 aliphatic rings. The molecule has 0 saturated carbocycles. The second-order valence-electron chi connectivity index (χ2n) is 5.74. The Hall–Kier alpha value is -1.20. The second kappa shape index (κ2) is 7.71. The third-order valence-corrected chi connectivity index (χ3v) is 5.13. The lowest BCUT2D eigenvalue weighted by Crippen LogP contribution is -2.46. The lowest BCUT2D eigenvalue weighted by molar-refractivity contribution is 0.0700. The van der Waals surface area contributed by atoms with Crippen LogP contribution in [0.15, 0.2) is 30.3 Å². The van der Waals surface area contributed by atoms with E-state index in [-0.39, 0.29) is 6.03 Å². The number of carbonyl (C=O) groups is 1. The molecule has 2 atom stereocenters. The number of rotatable bonds is 6. The molecule has 1 aliphatic heterocycles. The van der Waals surface area contributed by atoms with Crippen molar-refractivity contribution in [3.05, 3.63) is 35.9 Å². The molecule has 1 saturated heterocycles. The van der Waals surface area contributed by atoms with Crippen molar-refractivity contribution >= 4 is 17.8 Å². The number of amides is 2. The predicted octanol–water partition coefficient (Wildman–Crippen LogP) is 2.35. The van der Waals surface area contributed by atoms with Crippen molar-refractivity contribution in [1.29, 1.82) is 0 Å². The first-order chi connectivity index (χ1) is 10.1. The molecule has 21 heavy (non-hydrogen) atoms. The van der Waals surface area contributed by atoms with E-state index in [0.717, 1.165) is 18.6 Å². The Kier molecular flexibility index (Phi) is 5.94. The number of hydrogen-bond acceptors (Lipinski definition) is 3. The van der Waals surface area contributed by atoms with Gasteiger partial charge >= 0.3 is 6.03 Å². The molecule has 4 nitrogen and oxygen atoms in total. The summed E-state index contributed by atoms with van der Waals surface area (Å²) in [5.74, 6) is 2.09. The van der Waals surface area contributed by atoms with Gasteiger partial charge in [-0.2, -0.15) is 11.8 Å². The Balaban J connectivity index is 1.63. The quantitative estimate of drug-likeness (QED) is 0.756. The first-order valence-corrected chi connectivity index (χ1v) is 8.61. The molecule has 1 fully saturated rings. The average molecular weight is 308 g/mol. The van der Waals surface area contributed by atoms with Gasteiger partial charge in [0.15, 0.2) is 0 Å². The maximum atomic E-state index is 11.7. The van der Waals surface area contributed by atoms with Crippen molar-refractivity contribution in [2.75, 3.05) is 24.6 Å². The number of aliphatic hydroxyl groups is 1. The van der Waals surface area contributed by atoms with Crippen molar-refractivity contribution in [3.8, 4) is 0 Å². The minimum absolute atomic E-state index is 0.194. The topological polar surface area (TPSA) is 61.4 Å². The van der Waals surface area contributed by atoms with Gasteiger partial charge in [-0.05, 0) is 30.1 Å². The van der Waals surface area contributed by atoms with E-state index in [1.165, 1.54) is 5.56 Å². The van der Waals surface area contributed by atoms with E-state index in [9.17, 15) is 9.90 Å². The SMILES string of the molecule is C[C@@H](CCNC(=O)NC[C@@]1(O)CCSC1)c1ccccc1. The fourth-order valence-corrected chi connectivity index (χ4v) is 3.69. The van der Waals surface area contributed by atoms with Crippen molar-refractivity contribution in [2.24, 2.45) is 0 Å².